The summed E-state index contributed by atoms with van der Waals surface area (Å²) in [6.07, 6.45) is 1.72. The quantitative estimate of drug-likeness (QED) is 0.876. The number of nitrogens with one attached hydrogen (secondary N) is 1. The zero-order valence-corrected chi connectivity index (χ0v) is 13.6. The lowest BCUT2D eigenvalue weighted by molar-refractivity contribution is -0.142. The molecule has 0 spiro atoms. The van der Waals surface area contributed by atoms with Crippen LogP contribution in [-0.4, -0.2) is 39.9 Å². The van der Waals surface area contributed by atoms with Gasteiger partial charge in [-0.15, -0.1) is 0 Å². The molecule has 1 aliphatic rings. The van der Waals surface area contributed by atoms with Crippen LogP contribution in [0.2, 0.25) is 0 Å². The van der Waals surface area contributed by atoms with Crippen molar-refractivity contribution in [3.63, 3.8) is 0 Å². The van der Waals surface area contributed by atoms with Crippen molar-refractivity contribution in [2.45, 2.75) is 32.0 Å². The van der Waals surface area contributed by atoms with E-state index in [1.165, 1.54) is 24.2 Å². The molecule has 0 bridgehead atoms. The number of hydrogen-bond donors (Lipinski definition) is 2. The maximum Gasteiger partial charge on any atom is 0.325 e. The number of carboxylic acids is 1. The maximum absolute atomic E-state index is 12.7. The van der Waals surface area contributed by atoms with Crippen molar-refractivity contribution >= 4 is 17.8 Å². The molecule has 1 unspecified atom stereocenters. The summed E-state index contributed by atoms with van der Waals surface area (Å²) in [5, 5.41) is 11.4. The Balaban J connectivity index is 1.90. The molecule has 2 heterocycles. The van der Waals surface area contributed by atoms with Crippen LogP contribution in [0.5, 0.6) is 0 Å². The van der Waals surface area contributed by atoms with Crippen molar-refractivity contribution < 1.29 is 23.9 Å². The first-order chi connectivity index (χ1) is 12.0. The van der Waals surface area contributed by atoms with E-state index in [0.29, 0.717) is 6.42 Å². The van der Waals surface area contributed by atoms with E-state index < -0.39 is 29.9 Å². The third-order valence-corrected chi connectivity index (χ3v) is 4.27. The standard InChI is InChI=1S/C18H18N2O5/c1-11(18(23)24)19-16(21)14-9-12-5-2-3-6-13(12)10-20(14)17(22)15-7-4-8-25-15/h2-8,11,14H,9-10H2,1H3,(H,19,21)(H,23,24)/t11-,14?/m1/s1. The van der Waals surface area contributed by atoms with Gasteiger partial charge in [0.2, 0.25) is 5.91 Å². The normalized spacial score (nSPS) is 17.5. The molecule has 0 aliphatic carbocycles. The Labute approximate surface area is 144 Å². The van der Waals surface area contributed by atoms with Crippen LogP contribution in [0.1, 0.15) is 28.6 Å². The molecular formula is C18H18N2O5. The molecule has 7 heteroatoms. The molecule has 2 N–H and O–H groups in total. The number of fused-ring (bicyclic) bond motifs is 1. The van der Waals surface area contributed by atoms with E-state index in [4.69, 9.17) is 9.52 Å². The van der Waals surface area contributed by atoms with Crippen molar-refractivity contribution in [3.05, 3.63) is 59.5 Å². The zero-order valence-electron chi connectivity index (χ0n) is 13.6. The summed E-state index contributed by atoms with van der Waals surface area (Å²) < 4.78 is 5.17. The number of rotatable bonds is 4. The van der Waals surface area contributed by atoms with E-state index in [9.17, 15) is 14.4 Å². The summed E-state index contributed by atoms with van der Waals surface area (Å²) in [7, 11) is 0. The molecule has 0 saturated carbocycles. The molecule has 2 aromatic rings. The summed E-state index contributed by atoms with van der Waals surface area (Å²) in [5.74, 6) is -1.89. The van der Waals surface area contributed by atoms with Crippen LogP contribution < -0.4 is 5.32 Å². The molecule has 0 radical (unpaired) electrons. The monoisotopic (exact) mass is 342 g/mol. The van der Waals surface area contributed by atoms with Crippen molar-refractivity contribution in [1.82, 2.24) is 10.2 Å². The van der Waals surface area contributed by atoms with Gasteiger partial charge in [-0.3, -0.25) is 14.4 Å². The van der Waals surface area contributed by atoms with E-state index in [1.54, 1.807) is 6.07 Å². The Morgan fingerprint density at radius 1 is 1.20 bits per heavy atom. The number of furan rings is 1. The Hall–Kier alpha value is -3.09. The highest BCUT2D eigenvalue weighted by molar-refractivity contribution is 5.96. The predicted molar refractivity (Wildman–Crippen MR) is 87.8 cm³/mol. The van der Waals surface area contributed by atoms with Crippen LogP contribution in [0.3, 0.4) is 0 Å². The van der Waals surface area contributed by atoms with Gasteiger partial charge < -0.3 is 19.7 Å². The number of nitrogens with zero attached hydrogens (tertiary/aromatic N) is 1. The van der Waals surface area contributed by atoms with Gasteiger partial charge in [0.25, 0.3) is 5.91 Å². The van der Waals surface area contributed by atoms with Crippen molar-refractivity contribution in [2.24, 2.45) is 0 Å². The highest BCUT2D eigenvalue weighted by Gasteiger charge is 2.36. The van der Waals surface area contributed by atoms with Gasteiger partial charge in [0.15, 0.2) is 5.76 Å². The predicted octanol–water partition coefficient (Wildman–Crippen LogP) is 1.44. The van der Waals surface area contributed by atoms with Gasteiger partial charge >= 0.3 is 5.97 Å². The lowest BCUT2D eigenvalue weighted by Crippen LogP contribution is -2.55. The zero-order chi connectivity index (χ0) is 18.0. The van der Waals surface area contributed by atoms with E-state index in [-0.39, 0.29) is 12.3 Å². The average molecular weight is 342 g/mol. The topological polar surface area (TPSA) is 99.9 Å². The lowest BCUT2D eigenvalue weighted by atomic mass is 9.93. The molecule has 1 aromatic heterocycles. The minimum atomic E-state index is -1.13. The minimum Gasteiger partial charge on any atom is -0.480 e. The number of carbonyl (C=O) groups is 3. The van der Waals surface area contributed by atoms with Gasteiger partial charge in [-0.1, -0.05) is 24.3 Å². The second kappa shape index (κ2) is 6.80. The van der Waals surface area contributed by atoms with E-state index in [1.807, 2.05) is 24.3 Å². The molecule has 3 rings (SSSR count). The second-order valence-electron chi connectivity index (χ2n) is 5.97. The van der Waals surface area contributed by atoms with Crippen LogP contribution in [0.4, 0.5) is 0 Å². The number of amides is 2. The summed E-state index contributed by atoms with van der Waals surface area (Å²) >= 11 is 0. The number of benzene rings is 1. The molecule has 1 aromatic carbocycles. The Bertz CT molecular complexity index is 800. The summed E-state index contributed by atoms with van der Waals surface area (Å²) in [6.45, 7) is 1.64. The molecule has 0 saturated heterocycles. The van der Waals surface area contributed by atoms with Gasteiger partial charge in [0.05, 0.1) is 6.26 Å². The van der Waals surface area contributed by atoms with Crippen LogP contribution in [0, 0.1) is 0 Å². The molecule has 25 heavy (non-hydrogen) atoms. The Morgan fingerprint density at radius 3 is 2.56 bits per heavy atom. The highest BCUT2D eigenvalue weighted by atomic mass is 16.4. The van der Waals surface area contributed by atoms with E-state index in [2.05, 4.69) is 5.32 Å². The van der Waals surface area contributed by atoms with Crippen LogP contribution >= 0.6 is 0 Å². The summed E-state index contributed by atoms with van der Waals surface area (Å²) in [4.78, 5) is 37.8. The van der Waals surface area contributed by atoms with Crippen molar-refractivity contribution in [1.29, 1.82) is 0 Å². The third kappa shape index (κ3) is 3.40. The van der Waals surface area contributed by atoms with E-state index >= 15 is 0 Å². The first-order valence-electron chi connectivity index (χ1n) is 7.92. The van der Waals surface area contributed by atoms with E-state index in [0.717, 1.165) is 11.1 Å². The molecule has 130 valence electrons. The number of carbonyl (C=O) groups excluding carboxylic acids is 2. The fourth-order valence-corrected chi connectivity index (χ4v) is 2.88. The van der Waals surface area contributed by atoms with Gasteiger partial charge in [-0.05, 0) is 30.2 Å². The number of aliphatic carboxylic acids is 1. The lowest BCUT2D eigenvalue weighted by Gasteiger charge is -2.35. The van der Waals surface area contributed by atoms with Gasteiger partial charge in [-0.2, -0.15) is 0 Å². The van der Waals surface area contributed by atoms with Crippen LogP contribution in [0.25, 0.3) is 0 Å². The molecule has 7 nitrogen and oxygen atoms in total. The maximum atomic E-state index is 12.7. The highest BCUT2D eigenvalue weighted by Crippen LogP contribution is 2.25. The number of hydrogen-bond acceptors (Lipinski definition) is 4. The van der Waals surface area contributed by atoms with Gasteiger partial charge in [0.1, 0.15) is 12.1 Å². The largest absolute Gasteiger partial charge is 0.480 e. The Kier molecular flexibility index (Phi) is 4.56. The van der Waals surface area contributed by atoms with Crippen LogP contribution in [-0.2, 0) is 22.6 Å². The first kappa shape index (κ1) is 16.8. The average Bonchev–Trinajstić information content (AvgIpc) is 3.14. The number of carboxylic acid groups (broad SMARTS) is 1. The van der Waals surface area contributed by atoms with Crippen LogP contribution in [0.15, 0.2) is 47.1 Å². The fourth-order valence-electron chi connectivity index (χ4n) is 2.88. The third-order valence-electron chi connectivity index (χ3n) is 4.27. The van der Waals surface area contributed by atoms with Crippen molar-refractivity contribution in [3.8, 4) is 0 Å². The molecule has 0 fully saturated rings. The molecule has 1 aliphatic heterocycles. The fraction of sp³-hybridized carbons (Fsp3) is 0.278. The second-order valence-corrected chi connectivity index (χ2v) is 5.97. The Morgan fingerprint density at radius 2 is 1.92 bits per heavy atom. The SMILES string of the molecule is C[C@@H](NC(=O)C1Cc2ccccc2CN1C(=O)c1ccco1)C(=O)O. The van der Waals surface area contributed by atoms with Gasteiger partial charge in [0, 0.05) is 13.0 Å². The smallest absolute Gasteiger partial charge is 0.325 e. The summed E-state index contributed by atoms with van der Waals surface area (Å²) in [5.41, 5.74) is 1.92. The minimum absolute atomic E-state index is 0.142. The van der Waals surface area contributed by atoms with Gasteiger partial charge in [-0.25, -0.2) is 0 Å². The molecule has 2 atom stereocenters. The van der Waals surface area contributed by atoms with Crippen molar-refractivity contribution in [2.75, 3.05) is 0 Å². The first-order valence-corrected chi connectivity index (χ1v) is 7.92. The summed E-state index contributed by atoms with van der Waals surface area (Å²) in [6, 6.07) is 8.87. The molecule has 2 amide bonds. The molecular weight excluding hydrogens is 324 g/mol.